The van der Waals surface area contributed by atoms with Gasteiger partial charge in [-0.2, -0.15) is 0 Å². The summed E-state index contributed by atoms with van der Waals surface area (Å²) in [6.07, 6.45) is 14.3. The Labute approximate surface area is 139 Å². The Balaban J connectivity index is 2.00. The molecule has 0 aromatic carbocycles. The third-order valence-corrected chi connectivity index (χ3v) is 7.08. The third-order valence-electron chi connectivity index (χ3n) is 7.08. The molecule has 1 spiro atoms. The van der Waals surface area contributed by atoms with E-state index < -0.39 is 0 Å². The van der Waals surface area contributed by atoms with Crippen LogP contribution in [0.1, 0.15) is 85.0 Å². The van der Waals surface area contributed by atoms with E-state index in [4.69, 9.17) is 0 Å². The van der Waals surface area contributed by atoms with Gasteiger partial charge in [0.1, 0.15) is 0 Å². The van der Waals surface area contributed by atoms with Gasteiger partial charge >= 0.3 is 0 Å². The predicted octanol–water partition coefficient (Wildman–Crippen LogP) is 4.84. The van der Waals surface area contributed by atoms with Crippen molar-refractivity contribution in [1.82, 2.24) is 10.2 Å². The molecule has 1 saturated carbocycles. The molecule has 1 saturated heterocycles. The average molecular weight is 309 g/mol. The molecular weight excluding hydrogens is 268 g/mol. The smallest absolute Gasteiger partial charge is 0.0139 e. The fourth-order valence-corrected chi connectivity index (χ4v) is 5.33. The molecule has 130 valence electrons. The number of hydrogen-bond acceptors (Lipinski definition) is 2. The topological polar surface area (TPSA) is 15.3 Å². The SMILES string of the molecule is CCCC1(CCC)CCC2(CCNC2CC(C)N(C)C)CC1. The van der Waals surface area contributed by atoms with Crippen LogP contribution < -0.4 is 5.32 Å². The van der Waals surface area contributed by atoms with Crippen LogP contribution in [0.2, 0.25) is 0 Å². The van der Waals surface area contributed by atoms with E-state index in [1.807, 2.05) is 0 Å². The van der Waals surface area contributed by atoms with E-state index in [1.165, 1.54) is 70.8 Å². The first-order chi connectivity index (χ1) is 10.5. The molecule has 2 atom stereocenters. The Morgan fingerprint density at radius 3 is 2.09 bits per heavy atom. The summed E-state index contributed by atoms with van der Waals surface area (Å²) in [5.41, 5.74) is 1.31. The maximum atomic E-state index is 3.87. The van der Waals surface area contributed by atoms with Gasteiger partial charge < -0.3 is 10.2 Å². The van der Waals surface area contributed by atoms with Gasteiger partial charge in [0, 0.05) is 12.1 Å². The molecule has 22 heavy (non-hydrogen) atoms. The zero-order valence-corrected chi connectivity index (χ0v) is 15.9. The maximum Gasteiger partial charge on any atom is 0.0139 e. The molecule has 0 amide bonds. The lowest BCUT2D eigenvalue weighted by Crippen LogP contribution is -2.45. The quantitative estimate of drug-likeness (QED) is 0.724. The monoisotopic (exact) mass is 308 g/mol. The van der Waals surface area contributed by atoms with Crippen LogP contribution in [0.4, 0.5) is 0 Å². The summed E-state index contributed by atoms with van der Waals surface area (Å²) in [6, 6.07) is 1.44. The number of rotatable bonds is 7. The molecule has 2 heteroatoms. The average Bonchev–Trinajstić information content (AvgIpc) is 2.86. The standard InChI is InChI=1S/C20H40N2/c1-6-8-19(9-7-2)10-12-20(13-11-19)14-15-21-18(20)16-17(3)22(4)5/h17-18,21H,6-16H2,1-5H3. The molecule has 1 N–H and O–H groups in total. The van der Waals surface area contributed by atoms with E-state index in [2.05, 4.69) is 45.1 Å². The third kappa shape index (κ3) is 3.87. The first kappa shape index (κ1) is 18.3. The first-order valence-electron chi connectivity index (χ1n) is 9.87. The Bertz CT molecular complexity index is 321. The summed E-state index contributed by atoms with van der Waals surface area (Å²) in [7, 11) is 4.45. The van der Waals surface area contributed by atoms with Crippen molar-refractivity contribution in [3.63, 3.8) is 0 Å². The first-order valence-corrected chi connectivity index (χ1v) is 9.87. The molecule has 2 rings (SSSR count). The molecule has 0 bridgehead atoms. The lowest BCUT2D eigenvalue weighted by atomic mass is 9.58. The second kappa shape index (κ2) is 7.66. The number of nitrogens with one attached hydrogen (secondary N) is 1. The Morgan fingerprint density at radius 2 is 1.59 bits per heavy atom. The normalized spacial score (nSPS) is 28.4. The zero-order chi connectivity index (χ0) is 16.2. The van der Waals surface area contributed by atoms with E-state index in [9.17, 15) is 0 Å². The van der Waals surface area contributed by atoms with Crippen molar-refractivity contribution in [3.8, 4) is 0 Å². The maximum absolute atomic E-state index is 3.87. The van der Waals surface area contributed by atoms with Crippen LogP contribution in [0.3, 0.4) is 0 Å². The highest BCUT2D eigenvalue weighted by atomic mass is 15.1. The number of nitrogens with zero attached hydrogens (tertiary/aromatic N) is 1. The van der Waals surface area contributed by atoms with Crippen molar-refractivity contribution < 1.29 is 0 Å². The van der Waals surface area contributed by atoms with Crippen LogP contribution in [-0.4, -0.2) is 37.6 Å². The van der Waals surface area contributed by atoms with E-state index in [1.54, 1.807) is 0 Å². The van der Waals surface area contributed by atoms with Gasteiger partial charge in [-0.15, -0.1) is 0 Å². The van der Waals surface area contributed by atoms with Crippen LogP contribution in [0.15, 0.2) is 0 Å². The van der Waals surface area contributed by atoms with Crippen molar-refractivity contribution in [1.29, 1.82) is 0 Å². The fourth-order valence-electron chi connectivity index (χ4n) is 5.33. The Kier molecular flexibility index (Phi) is 6.36. The molecule has 1 aliphatic carbocycles. The van der Waals surface area contributed by atoms with Crippen molar-refractivity contribution in [3.05, 3.63) is 0 Å². The lowest BCUT2D eigenvalue weighted by molar-refractivity contribution is 0.0444. The highest BCUT2D eigenvalue weighted by Crippen LogP contribution is 2.54. The van der Waals surface area contributed by atoms with Crippen LogP contribution in [0, 0.1) is 10.8 Å². The molecule has 2 nitrogen and oxygen atoms in total. The zero-order valence-electron chi connectivity index (χ0n) is 15.9. The molecule has 1 aliphatic heterocycles. The fraction of sp³-hybridized carbons (Fsp3) is 1.00. The van der Waals surface area contributed by atoms with Crippen LogP contribution in [0.25, 0.3) is 0 Å². The molecule has 0 radical (unpaired) electrons. The van der Waals surface area contributed by atoms with Gasteiger partial charge in [0.25, 0.3) is 0 Å². The molecular formula is C20H40N2. The van der Waals surface area contributed by atoms with Crippen molar-refractivity contribution >= 4 is 0 Å². The van der Waals surface area contributed by atoms with Gasteiger partial charge in [-0.25, -0.2) is 0 Å². The van der Waals surface area contributed by atoms with Gasteiger partial charge in [-0.1, -0.05) is 26.7 Å². The summed E-state index contributed by atoms with van der Waals surface area (Å²) in [5, 5.41) is 3.87. The summed E-state index contributed by atoms with van der Waals surface area (Å²) in [4.78, 5) is 2.38. The second-order valence-corrected chi connectivity index (χ2v) is 8.67. The van der Waals surface area contributed by atoms with Gasteiger partial charge in [-0.05, 0) is 89.8 Å². The van der Waals surface area contributed by atoms with E-state index in [-0.39, 0.29) is 0 Å². The summed E-state index contributed by atoms with van der Waals surface area (Å²) < 4.78 is 0. The Hall–Kier alpha value is -0.0800. The van der Waals surface area contributed by atoms with Gasteiger partial charge in [0.2, 0.25) is 0 Å². The van der Waals surface area contributed by atoms with E-state index in [0.29, 0.717) is 16.9 Å². The molecule has 2 unspecified atom stereocenters. The van der Waals surface area contributed by atoms with Gasteiger partial charge in [-0.3, -0.25) is 0 Å². The van der Waals surface area contributed by atoms with E-state index in [0.717, 1.165) is 6.04 Å². The minimum absolute atomic E-state index is 0.620. The summed E-state index contributed by atoms with van der Waals surface area (Å²) in [6.45, 7) is 8.38. The van der Waals surface area contributed by atoms with Crippen molar-refractivity contribution in [2.45, 2.75) is 97.1 Å². The largest absolute Gasteiger partial charge is 0.313 e. The molecule has 1 heterocycles. The molecule has 0 aromatic heterocycles. The Morgan fingerprint density at radius 1 is 1.00 bits per heavy atom. The van der Waals surface area contributed by atoms with Gasteiger partial charge in [0.15, 0.2) is 0 Å². The number of hydrogen-bond donors (Lipinski definition) is 1. The van der Waals surface area contributed by atoms with Crippen molar-refractivity contribution in [2.24, 2.45) is 10.8 Å². The molecule has 2 fully saturated rings. The summed E-state index contributed by atoms with van der Waals surface area (Å²) in [5.74, 6) is 0. The highest BCUT2D eigenvalue weighted by molar-refractivity contribution is 5.03. The lowest BCUT2D eigenvalue weighted by Gasteiger charge is -2.48. The van der Waals surface area contributed by atoms with Crippen LogP contribution in [-0.2, 0) is 0 Å². The predicted molar refractivity (Wildman–Crippen MR) is 97.3 cm³/mol. The van der Waals surface area contributed by atoms with Crippen LogP contribution in [0.5, 0.6) is 0 Å². The minimum atomic E-state index is 0.620. The molecule has 2 aliphatic rings. The van der Waals surface area contributed by atoms with E-state index >= 15 is 0 Å². The highest BCUT2D eigenvalue weighted by Gasteiger charge is 2.48. The summed E-state index contributed by atoms with van der Waals surface area (Å²) >= 11 is 0. The van der Waals surface area contributed by atoms with Crippen molar-refractivity contribution in [2.75, 3.05) is 20.6 Å². The minimum Gasteiger partial charge on any atom is -0.313 e. The van der Waals surface area contributed by atoms with Crippen LogP contribution >= 0.6 is 0 Å². The van der Waals surface area contributed by atoms with Gasteiger partial charge in [0.05, 0.1) is 0 Å². The molecule has 0 aromatic rings. The second-order valence-electron chi connectivity index (χ2n) is 8.67.